The Morgan fingerprint density at radius 2 is 1.77 bits per heavy atom. The van der Waals surface area contributed by atoms with Crippen LogP contribution in [0.3, 0.4) is 0 Å². The first-order valence-electron chi connectivity index (χ1n) is 7.27. The standard InChI is InChI=1S/C18H20O4/c1-10-16-11(2)18(12-5-7-13(20-3)8-6-12)22-14(16)9-15(21-4)17(10)19/h5-9,11,18-19H,1-4H3/t11-,18?/m1/s1. The predicted molar refractivity (Wildman–Crippen MR) is 84.2 cm³/mol. The van der Waals surface area contributed by atoms with Gasteiger partial charge in [-0.05, 0) is 24.6 Å². The van der Waals surface area contributed by atoms with Crippen LogP contribution in [0.4, 0.5) is 0 Å². The van der Waals surface area contributed by atoms with Gasteiger partial charge in [0.25, 0.3) is 0 Å². The van der Waals surface area contributed by atoms with Crippen LogP contribution in [0.25, 0.3) is 0 Å². The number of phenols is 1. The van der Waals surface area contributed by atoms with Gasteiger partial charge in [0.05, 0.1) is 14.2 Å². The molecule has 0 saturated carbocycles. The molecule has 2 atom stereocenters. The van der Waals surface area contributed by atoms with E-state index >= 15 is 0 Å². The van der Waals surface area contributed by atoms with Gasteiger partial charge in [-0.3, -0.25) is 0 Å². The first-order chi connectivity index (χ1) is 10.6. The second-order valence-electron chi connectivity index (χ2n) is 5.56. The fourth-order valence-corrected chi connectivity index (χ4v) is 3.12. The molecule has 22 heavy (non-hydrogen) atoms. The van der Waals surface area contributed by atoms with Crippen molar-refractivity contribution >= 4 is 0 Å². The molecule has 2 aromatic rings. The van der Waals surface area contributed by atoms with Crippen molar-refractivity contribution in [3.8, 4) is 23.0 Å². The molecule has 4 nitrogen and oxygen atoms in total. The van der Waals surface area contributed by atoms with E-state index in [1.165, 1.54) is 0 Å². The van der Waals surface area contributed by atoms with E-state index in [0.29, 0.717) is 5.75 Å². The van der Waals surface area contributed by atoms with Gasteiger partial charge in [0, 0.05) is 23.1 Å². The summed E-state index contributed by atoms with van der Waals surface area (Å²) in [6.45, 7) is 4.01. The van der Waals surface area contributed by atoms with Crippen LogP contribution < -0.4 is 14.2 Å². The van der Waals surface area contributed by atoms with Gasteiger partial charge in [-0.1, -0.05) is 19.1 Å². The normalized spacial score (nSPS) is 19.5. The summed E-state index contributed by atoms with van der Waals surface area (Å²) >= 11 is 0. The third kappa shape index (κ3) is 2.15. The Balaban J connectivity index is 1.99. The van der Waals surface area contributed by atoms with E-state index in [9.17, 15) is 5.11 Å². The molecule has 0 saturated heterocycles. The number of hydrogen-bond acceptors (Lipinski definition) is 4. The maximum Gasteiger partial charge on any atom is 0.164 e. The van der Waals surface area contributed by atoms with Crippen LogP contribution in [0, 0.1) is 6.92 Å². The lowest BCUT2D eigenvalue weighted by Gasteiger charge is -2.16. The van der Waals surface area contributed by atoms with Crippen LogP contribution in [0.1, 0.15) is 35.6 Å². The molecule has 0 fully saturated rings. The fourth-order valence-electron chi connectivity index (χ4n) is 3.12. The molecule has 1 aliphatic rings. The number of ether oxygens (including phenoxy) is 3. The highest BCUT2D eigenvalue weighted by molar-refractivity contribution is 5.59. The fraction of sp³-hybridized carbons (Fsp3) is 0.333. The van der Waals surface area contributed by atoms with E-state index in [-0.39, 0.29) is 17.8 Å². The van der Waals surface area contributed by atoms with Crippen molar-refractivity contribution < 1.29 is 19.3 Å². The Morgan fingerprint density at radius 1 is 1.09 bits per heavy atom. The number of hydrogen-bond donors (Lipinski definition) is 1. The van der Waals surface area contributed by atoms with Gasteiger partial charge in [0.15, 0.2) is 11.5 Å². The topological polar surface area (TPSA) is 47.9 Å². The summed E-state index contributed by atoms with van der Waals surface area (Å²) in [7, 11) is 3.19. The Morgan fingerprint density at radius 3 is 2.36 bits per heavy atom. The van der Waals surface area contributed by atoms with Crippen LogP contribution in [0.2, 0.25) is 0 Å². The number of aromatic hydroxyl groups is 1. The lowest BCUT2D eigenvalue weighted by molar-refractivity contribution is 0.215. The van der Waals surface area contributed by atoms with Gasteiger partial charge in [0.1, 0.15) is 17.6 Å². The molecule has 0 aliphatic carbocycles. The third-order valence-electron chi connectivity index (χ3n) is 4.35. The van der Waals surface area contributed by atoms with E-state index in [0.717, 1.165) is 28.2 Å². The first kappa shape index (κ1) is 14.6. The van der Waals surface area contributed by atoms with Crippen LogP contribution in [0.15, 0.2) is 30.3 Å². The Labute approximate surface area is 130 Å². The Bertz CT molecular complexity index is 691. The van der Waals surface area contributed by atoms with Gasteiger partial charge in [-0.15, -0.1) is 0 Å². The number of rotatable bonds is 3. The van der Waals surface area contributed by atoms with E-state index in [2.05, 4.69) is 6.92 Å². The van der Waals surface area contributed by atoms with Gasteiger partial charge >= 0.3 is 0 Å². The minimum Gasteiger partial charge on any atom is -0.504 e. The average molecular weight is 300 g/mol. The Kier molecular flexibility index (Phi) is 3.61. The SMILES string of the molecule is COc1ccc(C2Oc3cc(OC)c(O)c(C)c3[C@H]2C)cc1. The summed E-state index contributed by atoms with van der Waals surface area (Å²) < 4.78 is 16.5. The molecule has 0 bridgehead atoms. The lowest BCUT2D eigenvalue weighted by atomic mass is 9.89. The molecular formula is C18H20O4. The quantitative estimate of drug-likeness (QED) is 0.932. The first-order valence-corrected chi connectivity index (χ1v) is 7.27. The monoisotopic (exact) mass is 300 g/mol. The molecule has 116 valence electrons. The van der Waals surface area contributed by atoms with Gasteiger partial charge in [-0.2, -0.15) is 0 Å². The third-order valence-corrected chi connectivity index (χ3v) is 4.35. The van der Waals surface area contributed by atoms with Crippen LogP contribution >= 0.6 is 0 Å². The molecule has 1 heterocycles. The summed E-state index contributed by atoms with van der Waals surface area (Å²) in [6, 6.07) is 9.65. The average Bonchev–Trinajstić information content (AvgIpc) is 2.87. The minimum absolute atomic E-state index is 0.0777. The molecule has 0 amide bonds. The highest BCUT2D eigenvalue weighted by Crippen LogP contribution is 2.51. The van der Waals surface area contributed by atoms with E-state index in [4.69, 9.17) is 14.2 Å². The molecule has 1 aliphatic heterocycles. The maximum absolute atomic E-state index is 10.2. The number of fused-ring (bicyclic) bond motifs is 1. The molecule has 4 heteroatoms. The molecular weight excluding hydrogens is 280 g/mol. The number of methoxy groups -OCH3 is 2. The van der Waals surface area contributed by atoms with Gasteiger partial charge < -0.3 is 19.3 Å². The zero-order valence-electron chi connectivity index (χ0n) is 13.2. The van der Waals surface area contributed by atoms with Crippen molar-refractivity contribution in [1.82, 2.24) is 0 Å². The van der Waals surface area contributed by atoms with Gasteiger partial charge in [-0.25, -0.2) is 0 Å². The minimum atomic E-state index is -0.0777. The Hall–Kier alpha value is -2.36. The number of benzene rings is 2. The smallest absolute Gasteiger partial charge is 0.164 e. The van der Waals surface area contributed by atoms with Crippen LogP contribution in [0.5, 0.6) is 23.0 Å². The summed E-state index contributed by atoms with van der Waals surface area (Å²) in [5.41, 5.74) is 2.94. The second kappa shape index (κ2) is 5.44. The van der Waals surface area contributed by atoms with Crippen LogP contribution in [-0.2, 0) is 0 Å². The molecule has 0 spiro atoms. The van der Waals surface area contributed by atoms with Crippen molar-refractivity contribution in [2.45, 2.75) is 25.9 Å². The van der Waals surface area contributed by atoms with E-state index in [1.54, 1.807) is 20.3 Å². The zero-order chi connectivity index (χ0) is 15.9. The van der Waals surface area contributed by atoms with E-state index in [1.807, 2.05) is 31.2 Å². The molecule has 1 unspecified atom stereocenters. The van der Waals surface area contributed by atoms with Crippen molar-refractivity contribution in [3.05, 3.63) is 47.0 Å². The highest BCUT2D eigenvalue weighted by Gasteiger charge is 2.35. The van der Waals surface area contributed by atoms with Crippen molar-refractivity contribution in [1.29, 1.82) is 0 Å². The summed E-state index contributed by atoms with van der Waals surface area (Å²) in [6.07, 6.45) is -0.0777. The summed E-state index contributed by atoms with van der Waals surface area (Å²) in [5, 5.41) is 10.2. The molecule has 0 radical (unpaired) electrons. The number of phenolic OH excluding ortho intramolecular Hbond substituents is 1. The molecule has 2 aromatic carbocycles. The predicted octanol–water partition coefficient (Wildman–Crippen LogP) is 3.96. The summed E-state index contributed by atoms with van der Waals surface area (Å²) in [4.78, 5) is 0. The second-order valence-corrected chi connectivity index (χ2v) is 5.56. The van der Waals surface area contributed by atoms with E-state index < -0.39 is 0 Å². The van der Waals surface area contributed by atoms with Crippen molar-refractivity contribution in [2.75, 3.05) is 14.2 Å². The van der Waals surface area contributed by atoms with Crippen LogP contribution in [-0.4, -0.2) is 19.3 Å². The largest absolute Gasteiger partial charge is 0.504 e. The lowest BCUT2D eigenvalue weighted by Crippen LogP contribution is -2.07. The van der Waals surface area contributed by atoms with Crippen molar-refractivity contribution in [2.24, 2.45) is 0 Å². The molecule has 0 aromatic heterocycles. The van der Waals surface area contributed by atoms with Crippen molar-refractivity contribution in [3.63, 3.8) is 0 Å². The molecule has 3 rings (SSSR count). The zero-order valence-corrected chi connectivity index (χ0v) is 13.2. The van der Waals surface area contributed by atoms with Gasteiger partial charge in [0.2, 0.25) is 0 Å². The molecule has 1 N–H and O–H groups in total. The maximum atomic E-state index is 10.2. The highest BCUT2D eigenvalue weighted by atomic mass is 16.5. The summed E-state index contributed by atoms with van der Waals surface area (Å²) in [5.74, 6) is 2.38.